The van der Waals surface area contributed by atoms with Crippen LogP contribution in [0.2, 0.25) is 0 Å². The van der Waals surface area contributed by atoms with Crippen molar-refractivity contribution in [3.63, 3.8) is 0 Å². The first-order valence-electron chi connectivity index (χ1n) is 10.1. The molecule has 0 saturated carbocycles. The van der Waals surface area contributed by atoms with Gasteiger partial charge in [0.25, 0.3) is 5.91 Å². The minimum atomic E-state index is -0.355. The van der Waals surface area contributed by atoms with Crippen LogP contribution in [0.5, 0.6) is 11.5 Å². The zero-order valence-electron chi connectivity index (χ0n) is 17.1. The van der Waals surface area contributed by atoms with Crippen LogP contribution in [0.4, 0.5) is 10.1 Å². The van der Waals surface area contributed by atoms with Gasteiger partial charge in [-0.3, -0.25) is 4.79 Å². The minimum Gasteiger partial charge on any atom is -0.493 e. The molecule has 0 fully saturated rings. The third-order valence-electron chi connectivity index (χ3n) is 4.86. The maximum Gasteiger partial charge on any atom is 0.255 e. The van der Waals surface area contributed by atoms with Crippen molar-refractivity contribution in [1.29, 1.82) is 0 Å². The van der Waals surface area contributed by atoms with Gasteiger partial charge in [0.15, 0.2) is 0 Å². The molecule has 156 valence electrons. The van der Waals surface area contributed by atoms with Crippen LogP contribution in [0.25, 0.3) is 10.8 Å². The smallest absolute Gasteiger partial charge is 0.255 e. The molecule has 0 aliphatic heterocycles. The molecule has 0 aliphatic carbocycles. The van der Waals surface area contributed by atoms with Gasteiger partial charge in [-0.05, 0) is 60.8 Å². The van der Waals surface area contributed by atoms with Crippen molar-refractivity contribution in [2.75, 3.05) is 11.9 Å². The van der Waals surface area contributed by atoms with Gasteiger partial charge in [-0.25, -0.2) is 4.39 Å². The molecule has 0 aliphatic rings. The van der Waals surface area contributed by atoms with E-state index in [9.17, 15) is 9.18 Å². The number of nitrogens with one attached hydrogen (secondary N) is 1. The number of carbonyl (C=O) groups excluding carboxylic acids is 1. The fourth-order valence-corrected chi connectivity index (χ4v) is 3.34. The molecule has 0 unspecified atom stereocenters. The average molecular weight is 415 g/mol. The Balaban J connectivity index is 1.56. The Kier molecular flexibility index (Phi) is 6.13. The van der Waals surface area contributed by atoms with Crippen LogP contribution in [0.1, 0.15) is 22.8 Å². The Morgan fingerprint density at radius 3 is 2.45 bits per heavy atom. The van der Waals surface area contributed by atoms with Crippen molar-refractivity contribution in [1.82, 2.24) is 0 Å². The Labute approximate surface area is 180 Å². The number of amides is 1. The van der Waals surface area contributed by atoms with Gasteiger partial charge in [-0.15, -0.1) is 0 Å². The highest BCUT2D eigenvalue weighted by Crippen LogP contribution is 2.28. The van der Waals surface area contributed by atoms with Gasteiger partial charge < -0.3 is 14.8 Å². The van der Waals surface area contributed by atoms with E-state index in [0.717, 1.165) is 22.1 Å². The number of hydrogen-bond acceptors (Lipinski definition) is 3. The van der Waals surface area contributed by atoms with Gasteiger partial charge in [0.05, 0.1) is 6.61 Å². The van der Waals surface area contributed by atoms with E-state index >= 15 is 0 Å². The van der Waals surface area contributed by atoms with Gasteiger partial charge in [0.1, 0.15) is 23.9 Å². The van der Waals surface area contributed by atoms with Crippen LogP contribution >= 0.6 is 0 Å². The second-order valence-electron chi connectivity index (χ2n) is 6.98. The van der Waals surface area contributed by atoms with Crippen LogP contribution in [-0.4, -0.2) is 12.5 Å². The van der Waals surface area contributed by atoms with Crippen molar-refractivity contribution in [3.8, 4) is 11.5 Å². The number of carbonyl (C=O) groups is 1. The first kappa shape index (κ1) is 20.4. The quantitative estimate of drug-likeness (QED) is 0.390. The van der Waals surface area contributed by atoms with Crippen LogP contribution < -0.4 is 14.8 Å². The first-order valence-corrected chi connectivity index (χ1v) is 10.1. The van der Waals surface area contributed by atoms with Crippen LogP contribution in [-0.2, 0) is 6.61 Å². The molecule has 0 atom stereocenters. The zero-order valence-corrected chi connectivity index (χ0v) is 17.1. The Hall–Kier alpha value is -3.86. The number of fused-ring (bicyclic) bond motifs is 1. The van der Waals surface area contributed by atoms with Crippen molar-refractivity contribution in [2.24, 2.45) is 0 Å². The molecule has 5 heteroatoms. The maximum atomic E-state index is 13.1. The van der Waals surface area contributed by atoms with Crippen LogP contribution in [0.15, 0.2) is 84.9 Å². The standard InChI is InChI=1S/C26H22FNO3/c1-2-30-24-15-10-19(26(29)28-22-13-11-21(27)12-14-22)16-20(24)17-31-25-9-5-7-18-6-3-4-8-23(18)25/h3-16H,2,17H2,1H3,(H,28,29). The lowest BCUT2D eigenvalue weighted by Crippen LogP contribution is -2.13. The lowest BCUT2D eigenvalue weighted by atomic mass is 10.1. The molecule has 1 N–H and O–H groups in total. The summed E-state index contributed by atoms with van der Waals surface area (Å²) in [7, 11) is 0. The van der Waals surface area contributed by atoms with E-state index in [1.165, 1.54) is 24.3 Å². The van der Waals surface area contributed by atoms with Crippen molar-refractivity contribution >= 4 is 22.4 Å². The molecule has 0 spiro atoms. The van der Waals surface area contributed by atoms with Crippen molar-refractivity contribution < 1.29 is 18.7 Å². The van der Waals surface area contributed by atoms with Gasteiger partial charge in [0.2, 0.25) is 0 Å². The summed E-state index contributed by atoms with van der Waals surface area (Å²) in [5, 5.41) is 4.89. The molecule has 0 heterocycles. The third-order valence-corrected chi connectivity index (χ3v) is 4.86. The second kappa shape index (κ2) is 9.30. The summed E-state index contributed by atoms with van der Waals surface area (Å²) in [6.45, 7) is 2.66. The van der Waals surface area contributed by atoms with Gasteiger partial charge >= 0.3 is 0 Å². The summed E-state index contributed by atoms with van der Waals surface area (Å²) < 4.78 is 24.9. The Morgan fingerprint density at radius 1 is 0.871 bits per heavy atom. The lowest BCUT2D eigenvalue weighted by molar-refractivity contribution is 0.102. The molecule has 4 aromatic rings. The molecule has 4 rings (SSSR count). The maximum absolute atomic E-state index is 13.1. The molecule has 4 aromatic carbocycles. The summed E-state index contributed by atoms with van der Waals surface area (Å²) in [5.74, 6) is 0.788. The number of anilines is 1. The number of rotatable bonds is 7. The summed E-state index contributed by atoms with van der Waals surface area (Å²) in [5.41, 5.74) is 1.75. The SMILES string of the molecule is CCOc1ccc(C(=O)Nc2ccc(F)cc2)cc1COc1cccc2ccccc12. The van der Waals surface area contributed by atoms with E-state index in [1.54, 1.807) is 18.2 Å². The fourth-order valence-electron chi connectivity index (χ4n) is 3.34. The average Bonchev–Trinajstić information content (AvgIpc) is 2.80. The number of ether oxygens (including phenoxy) is 2. The summed E-state index contributed by atoms with van der Waals surface area (Å²) in [4.78, 5) is 12.7. The molecular formula is C26H22FNO3. The van der Waals surface area contributed by atoms with E-state index in [4.69, 9.17) is 9.47 Å². The van der Waals surface area contributed by atoms with E-state index < -0.39 is 0 Å². The lowest BCUT2D eigenvalue weighted by Gasteiger charge is -2.14. The van der Waals surface area contributed by atoms with Crippen LogP contribution in [0, 0.1) is 5.82 Å². The van der Waals surface area contributed by atoms with E-state index in [0.29, 0.717) is 23.6 Å². The molecular weight excluding hydrogens is 393 g/mol. The minimum absolute atomic E-state index is 0.251. The molecule has 0 saturated heterocycles. The first-order chi connectivity index (χ1) is 15.1. The summed E-state index contributed by atoms with van der Waals surface area (Å²) in [6.07, 6.45) is 0. The molecule has 31 heavy (non-hydrogen) atoms. The van der Waals surface area contributed by atoms with E-state index in [1.807, 2.05) is 49.4 Å². The van der Waals surface area contributed by atoms with Crippen molar-refractivity contribution in [3.05, 3.63) is 102 Å². The van der Waals surface area contributed by atoms with Gasteiger partial charge in [-0.1, -0.05) is 36.4 Å². The van der Waals surface area contributed by atoms with Gasteiger partial charge in [0, 0.05) is 22.2 Å². The third kappa shape index (κ3) is 4.83. The highest BCUT2D eigenvalue weighted by molar-refractivity contribution is 6.04. The van der Waals surface area contributed by atoms with E-state index in [2.05, 4.69) is 5.32 Å². The predicted molar refractivity (Wildman–Crippen MR) is 120 cm³/mol. The monoisotopic (exact) mass is 415 g/mol. The largest absolute Gasteiger partial charge is 0.493 e. The highest BCUT2D eigenvalue weighted by atomic mass is 19.1. The molecule has 1 amide bonds. The number of halogens is 1. The topological polar surface area (TPSA) is 47.6 Å². The molecule has 0 bridgehead atoms. The number of benzene rings is 4. The van der Waals surface area contributed by atoms with Gasteiger partial charge in [-0.2, -0.15) is 0 Å². The molecule has 0 aromatic heterocycles. The van der Waals surface area contributed by atoms with Crippen LogP contribution in [0.3, 0.4) is 0 Å². The summed E-state index contributed by atoms with van der Waals surface area (Å²) in [6, 6.07) is 24.8. The van der Waals surface area contributed by atoms with E-state index in [-0.39, 0.29) is 18.3 Å². The fraction of sp³-hybridized carbons (Fsp3) is 0.115. The van der Waals surface area contributed by atoms with Crippen molar-refractivity contribution in [2.45, 2.75) is 13.5 Å². The predicted octanol–water partition coefficient (Wildman–Crippen LogP) is 6.21. The Bertz CT molecular complexity index is 1200. The zero-order chi connectivity index (χ0) is 21.6. The summed E-state index contributed by atoms with van der Waals surface area (Å²) >= 11 is 0. The number of hydrogen-bond donors (Lipinski definition) is 1. The second-order valence-corrected chi connectivity index (χ2v) is 6.98. The molecule has 0 radical (unpaired) electrons. The normalized spacial score (nSPS) is 10.6. The Morgan fingerprint density at radius 2 is 1.65 bits per heavy atom. The molecule has 4 nitrogen and oxygen atoms in total. The highest BCUT2D eigenvalue weighted by Gasteiger charge is 2.12.